The topological polar surface area (TPSA) is 376 Å². The second-order valence-corrected chi connectivity index (χ2v) is 79.5. The van der Waals surface area contributed by atoms with Crippen molar-refractivity contribution in [3.05, 3.63) is 165 Å². The van der Waals surface area contributed by atoms with Crippen LogP contribution in [-0.2, 0) is 74.8 Å². The van der Waals surface area contributed by atoms with E-state index in [0.717, 1.165) is 66.0 Å². The molecule has 4 amide bonds. The molecule has 9 aromatic rings. The van der Waals surface area contributed by atoms with Crippen LogP contribution in [0.4, 0.5) is 20.7 Å². The molecule has 0 unspecified atom stereocenters. The Morgan fingerprint density at radius 3 is 1.61 bits per heavy atom. The number of carbonyl (C=O) groups is 6. The Balaban J connectivity index is 0.000000309. The zero-order valence-electron chi connectivity index (χ0n) is 70.4. The summed E-state index contributed by atoms with van der Waals surface area (Å²) in [4.78, 5) is 110. The van der Waals surface area contributed by atoms with E-state index in [2.05, 4.69) is 117 Å². The van der Waals surface area contributed by atoms with Crippen LogP contribution in [0.15, 0.2) is 109 Å². The number of esters is 2. The molecule has 0 saturated carbocycles. The number of likely N-dealkylation sites (tertiary alicyclic amines) is 1. The van der Waals surface area contributed by atoms with E-state index in [4.69, 9.17) is 43.6 Å². The number of pyridine rings is 2. The number of rotatable bonds is 36. The van der Waals surface area contributed by atoms with Crippen LogP contribution in [0.1, 0.15) is 106 Å². The molecule has 29 nitrogen and oxygen atoms in total. The van der Waals surface area contributed by atoms with Gasteiger partial charge in [-0.1, -0.05) is 63.2 Å². The third-order valence-corrected chi connectivity index (χ3v) is 19.2. The molecule has 0 aliphatic carbocycles. The van der Waals surface area contributed by atoms with Crippen molar-refractivity contribution < 1.29 is 80.5 Å². The van der Waals surface area contributed by atoms with Gasteiger partial charge in [0.15, 0.2) is 11.3 Å². The predicted molar refractivity (Wildman–Crippen MR) is 498 cm³/mol. The zero-order valence-corrected chi connectivity index (χ0v) is 79.9. The van der Waals surface area contributed by atoms with Crippen LogP contribution in [0.5, 0.6) is 5.75 Å². The van der Waals surface area contributed by atoms with Gasteiger partial charge in [-0.25, -0.2) is 38.5 Å². The molecule has 8 N–H and O–H groups in total. The molecule has 1 fully saturated rings. The second kappa shape index (κ2) is 50.4. The number of aliphatic hydroxyl groups excluding tert-OH is 1. The molecule has 121 heavy (non-hydrogen) atoms. The van der Waals surface area contributed by atoms with Crippen LogP contribution in [0.25, 0.3) is 54.8 Å². The van der Waals surface area contributed by atoms with E-state index in [1.54, 1.807) is 79.7 Å². The Morgan fingerprint density at radius 2 is 1.12 bits per heavy atom. The van der Waals surface area contributed by atoms with Crippen molar-refractivity contribution in [1.82, 2.24) is 55.7 Å². The van der Waals surface area contributed by atoms with Gasteiger partial charge in [0.2, 0.25) is 35.5 Å². The number of amides is 4. The van der Waals surface area contributed by atoms with Crippen LogP contribution >= 0.6 is 75.1 Å². The summed E-state index contributed by atoms with van der Waals surface area (Å²) in [7, 11) is 3.12. The Bertz CT molecular complexity index is 4900. The number of hydrogen-bond acceptors (Lipinski definition) is 26. The Morgan fingerprint density at radius 1 is 0.612 bits per heavy atom. The van der Waals surface area contributed by atoms with Gasteiger partial charge in [0.25, 0.3) is 0 Å². The molecule has 0 bridgehead atoms. The van der Waals surface area contributed by atoms with Crippen LogP contribution in [0.3, 0.4) is 0 Å². The zero-order chi connectivity index (χ0) is 88.5. The van der Waals surface area contributed by atoms with E-state index in [-0.39, 0.29) is 116 Å². The van der Waals surface area contributed by atoms with Gasteiger partial charge in [-0.15, -0.1) is 11.3 Å². The summed E-state index contributed by atoms with van der Waals surface area (Å²) in [5.74, 6) is -2.17. The fourth-order valence-electron chi connectivity index (χ4n) is 12.4. The third kappa shape index (κ3) is 33.4. The number of nitrogens with one attached hydrogen (secondary N) is 5. The number of aromatic nitrogens is 7. The van der Waals surface area contributed by atoms with Crippen molar-refractivity contribution in [1.29, 1.82) is 0 Å². The van der Waals surface area contributed by atoms with Gasteiger partial charge in [0, 0.05) is 85.8 Å². The molecular formula is C85H108F2I4N14O15S. The number of halogens is 6. The van der Waals surface area contributed by atoms with Gasteiger partial charge in [0.1, 0.15) is 48.3 Å². The van der Waals surface area contributed by atoms with Crippen molar-refractivity contribution in [2.75, 3.05) is 124 Å². The van der Waals surface area contributed by atoms with E-state index in [1.165, 1.54) is 17.0 Å². The maximum absolute atomic E-state index is 15.0. The minimum absolute atomic E-state index is 0.0410. The van der Waals surface area contributed by atoms with Crippen LogP contribution in [0.2, 0.25) is 0 Å². The number of aliphatic hydroxyl groups is 1. The van der Waals surface area contributed by atoms with Gasteiger partial charge >= 0.3 is 75.7 Å². The van der Waals surface area contributed by atoms with Gasteiger partial charge in [-0.05, 0) is 161 Å². The van der Waals surface area contributed by atoms with Gasteiger partial charge in [-0.2, -0.15) is 9.97 Å². The number of nitrogens with two attached hydrogens (primary N) is 1. The summed E-state index contributed by atoms with van der Waals surface area (Å²) >= 11 is 8.98. The number of para-hydroxylation sites is 1. The average molecular weight is 2140 g/mol. The van der Waals surface area contributed by atoms with Crippen LogP contribution in [-0.4, -0.2) is 217 Å². The molecule has 4 atom stereocenters. The molecule has 10 rings (SSSR count). The number of carbonyl (C=O) groups excluding carboxylic acids is 6. The van der Waals surface area contributed by atoms with Crippen molar-refractivity contribution >= 4 is 145 Å². The number of nitrogens with zero attached hydrogens (tertiary/aromatic N) is 8. The summed E-state index contributed by atoms with van der Waals surface area (Å²) in [6.45, 7) is 25.7. The van der Waals surface area contributed by atoms with E-state index in [1.807, 2.05) is 126 Å². The van der Waals surface area contributed by atoms with Gasteiger partial charge < -0.3 is 80.2 Å². The Hall–Kier alpha value is -7.63. The average Bonchev–Trinajstić information content (AvgIpc) is 1.74. The van der Waals surface area contributed by atoms with Crippen molar-refractivity contribution in [3.63, 3.8) is 0 Å². The summed E-state index contributed by atoms with van der Waals surface area (Å²) in [6.07, 6.45) is 2.21. The molecule has 1 aliphatic heterocycles. The molecular weight excluding hydrogens is 2030 g/mol. The molecule has 6 heterocycles. The first-order valence-corrected chi connectivity index (χ1v) is 58.7. The number of anilines is 2. The Labute approximate surface area is 745 Å². The van der Waals surface area contributed by atoms with Gasteiger partial charge in [0.05, 0.1) is 107 Å². The Kier molecular flexibility index (Phi) is 41.8. The van der Waals surface area contributed by atoms with Crippen LogP contribution < -0.4 is 37.1 Å². The first kappa shape index (κ1) is 100. The first-order valence-electron chi connectivity index (χ1n) is 39.0. The number of aryl methyl sites for hydroxylation is 5. The summed E-state index contributed by atoms with van der Waals surface area (Å²) in [5, 5.41) is 26.5. The predicted octanol–water partition coefficient (Wildman–Crippen LogP) is 13.5. The van der Waals surface area contributed by atoms with E-state index >= 15 is 4.39 Å². The summed E-state index contributed by atoms with van der Waals surface area (Å²) in [6, 6.07) is 24.4. The second-order valence-electron chi connectivity index (χ2n) is 29.9. The quantitative estimate of drug-likeness (QED) is 0.00830. The van der Waals surface area contributed by atoms with Gasteiger partial charge in [-0.3, -0.25) is 24.0 Å². The molecule has 0 spiro atoms. The van der Waals surface area contributed by atoms with Crippen molar-refractivity contribution in [3.8, 4) is 38.4 Å². The normalized spacial score (nSPS) is 13.8. The maximum atomic E-state index is 15.0. The standard InChI is InChI=1S/C49H62FN9O8S.C24H21FN4O2.C12H25NO5.I4/c1-28-19-39(50)34(20-37(28)38-21-35-24-53-48(51-8)58-45(35)55-30(38)3)22-41(61)52-13-14-65-15-16-66-17-18-67-26-42(62)57-44(49(5,6)7)47(64)59-25-36(60)23-40(59)46(63)56-29(2)32-9-11-33(12-10-32)43-31(4)54-27-68-43;1-14-9-21(25)16(12-22(30)31-18-7-5-4-6-8-18)10-19(14)20-11-17-13-27-24(26-3)29-23(17)28-15(20)2;1-12(2,3)18-11(14)10-17-9-8-16-7-6-15-5-4-13;1-4(2)3/h9-12,19-21,24,27,29,36,40,44,60H,13-18,22-23,25-26H2,1-8H3,(H,52,61)(H,56,63)(H,57,62)(H,51,53,55,58);4-11,13H,12H2,1-3H3,(H,26,27,28,29);4-10,13H2,1-3H3;/t29-,36+,40-,44-;;;/m0.../s1. The molecule has 0 radical (unpaired) electrons. The number of benzene rings is 4. The molecule has 36 heteroatoms. The van der Waals surface area contributed by atoms with E-state index in [9.17, 15) is 38.3 Å². The number of β-amino-alcohol motifs (C(OH)–C–C–N with tert-alkyl or cyclic N) is 1. The molecule has 656 valence electrons. The number of fused-ring (bicyclic) bond motifs is 2. The van der Waals surface area contributed by atoms with Crippen molar-refractivity contribution in [2.45, 2.75) is 132 Å². The summed E-state index contributed by atoms with van der Waals surface area (Å²) < 4.78 is 72.1. The minimum atomic E-state index is -0.999. The molecule has 1 saturated heterocycles. The molecule has 1 aliphatic rings. The van der Waals surface area contributed by atoms with Crippen molar-refractivity contribution in [2.24, 2.45) is 11.1 Å². The van der Waals surface area contributed by atoms with Crippen LogP contribution in [0, 0.1) is 51.7 Å². The fourth-order valence-corrected chi connectivity index (χ4v) is 13.2. The van der Waals surface area contributed by atoms with E-state index < -0.39 is 64.5 Å². The summed E-state index contributed by atoms with van der Waals surface area (Å²) in [5.41, 5.74) is 16.5. The number of thiazole rings is 1. The molecule has 5 aromatic heterocycles. The number of ether oxygens (including phenoxy) is 8. The monoisotopic (exact) mass is 2140 g/mol. The first-order chi connectivity index (χ1) is 57.6. The third-order valence-electron chi connectivity index (χ3n) is 18.2. The molecule has 4 aromatic carbocycles. The number of hydrogen-bond donors (Lipinski definition) is 7. The fraction of sp³-hybridized carbons (Fsp3) is 0.447. The SMILES string of the molecule is CC(C)(C)OC(=O)COCCOCCOCCN.CNc1ncc2cc(-c3cc(CC(=O)NCCOCCOCCOCC(=O)N[C@@H](C(=O)N4C[C@H](O)C[C@H]4C(=O)N[C@@H](C)c4ccc(-c5scnc5C)cc4)C(C)(C)C)c(F)cc3C)c(C)nc2n1.CNc1ncc2cc(-c3cc(CC(=O)Oc4ccccc4)c(F)cc3C)c(C)nc2n1.II(I)I. The van der Waals surface area contributed by atoms with E-state index in [0.29, 0.717) is 79.8 Å².